The van der Waals surface area contributed by atoms with Crippen molar-refractivity contribution in [1.29, 1.82) is 0 Å². The van der Waals surface area contributed by atoms with Gasteiger partial charge in [0.25, 0.3) is 0 Å². The molecule has 0 aliphatic carbocycles. The zero-order valence-corrected chi connectivity index (χ0v) is 16.8. The molecule has 1 aromatic rings. The molecule has 1 saturated heterocycles. The lowest BCUT2D eigenvalue weighted by Crippen LogP contribution is -2.54. The Morgan fingerprint density at radius 1 is 1.12 bits per heavy atom. The number of piperazine rings is 1. The average Bonchev–Trinajstić information content (AvgIpc) is 2.67. The number of hydrogen-bond donors (Lipinski definition) is 1. The predicted molar refractivity (Wildman–Crippen MR) is 103 cm³/mol. The van der Waals surface area contributed by atoms with Gasteiger partial charge in [0.05, 0.1) is 10.9 Å². The number of nitrogens with two attached hydrogens (primary N) is 1. The first-order valence-corrected chi connectivity index (χ1v) is 10.9. The third kappa shape index (κ3) is 4.64. The van der Waals surface area contributed by atoms with Gasteiger partial charge in [-0.2, -0.15) is 4.31 Å². The van der Waals surface area contributed by atoms with E-state index in [1.54, 1.807) is 17.0 Å². The van der Waals surface area contributed by atoms with Crippen molar-refractivity contribution in [3.8, 4) is 0 Å². The number of rotatable bonds is 7. The van der Waals surface area contributed by atoms with Crippen molar-refractivity contribution >= 4 is 15.9 Å². The molecule has 1 fully saturated rings. The number of carbonyl (C=O) groups excluding carboxylic acids is 1. The van der Waals surface area contributed by atoms with Gasteiger partial charge in [-0.1, -0.05) is 39.3 Å². The number of amides is 1. The molecule has 1 aliphatic heterocycles. The number of sulfonamides is 1. The highest BCUT2D eigenvalue weighted by Crippen LogP contribution is 2.23. The van der Waals surface area contributed by atoms with Crippen molar-refractivity contribution in [3.63, 3.8) is 0 Å². The van der Waals surface area contributed by atoms with Gasteiger partial charge in [0.15, 0.2) is 0 Å². The fourth-order valence-corrected chi connectivity index (χ4v) is 4.59. The molecule has 2 unspecified atom stereocenters. The van der Waals surface area contributed by atoms with Crippen LogP contribution in [-0.4, -0.2) is 55.8 Å². The van der Waals surface area contributed by atoms with Crippen LogP contribution in [0.25, 0.3) is 0 Å². The Kier molecular flexibility index (Phi) is 7.20. The standard InChI is InChI=1S/C19H31N3O3S/c1-4-6-18(20)19(23)21-11-13-22(14-12-21)26(24,25)17-9-7-16(8-10-17)15(3)5-2/h7-10,15,18H,4-6,11-14,20H2,1-3H3. The molecule has 6 nitrogen and oxygen atoms in total. The van der Waals surface area contributed by atoms with Crippen LogP contribution in [0.3, 0.4) is 0 Å². The minimum atomic E-state index is -3.53. The molecule has 0 radical (unpaired) electrons. The Bertz CT molecular complexity index is 695. The van der Waals surface area contributed by atoms with Gasteiger partial charge in [-0.15, -0.1) is 0 Å². The molecule has 146 valence electrons. The number of carbonyl (C=O) groups is 1. The smallest absolute Gasteiger partial charge is 0.243 e. The first kappa shape index (κ1) is 20.9. The topological polar surface area (TPSA) is 83.7 Å². The van der Waals surface area contributed by atoms with Crippen LogP contribution in [0, 0.1) is 0 Å². The molecule has 1 aromatic carbocycles. The highest BCUT2D eigenvalue weighted by atomic mass is 32.2. The van der Waals surface area contributed by atoms with Gasteiger partial charge < -0.3 is 10.6 Å². The van der Waals surface area contributed by atoms with E-state index in [1.165, 1.54) is 4.31 Å². The van der Waals surface area contributed by atoms with Crippen molar-refractivity contribution in [2.75, 3.05) is 26.2 Å². The van der Waals surface area contributed by atoms with E-state index in [1.807, 2.05) is 19.1 Å². The quantitative estimate of drug-likeness (QED) is 0.784. The van der Waals surface area contributed by atoms with Gasteiger partial charge in [0.1, 0.15) is 0 Å². The summed E-state index contributed by atoms with van der Waals surface area (Å²) in [4.78, 5) is 14.3. The molecule has 1 amide bonds. The Balaban J connectivity index is 2.02. The Hall–Kier alpha value is -1.44. The SMILES string of the molecule is CCCC(N)C(=O)N1CCN(S(=O)(=O)c2ccc(C(C)CC)cc2)CC1. The zero-order chi connectivity index (χ0) is 19.3. The van der Waals surface area contributed by atoms with Gasteiger partial charge >= 0.3 is 0 Å². The summed E-state index contributed by atoms with van der Waals surface area (Å²) in [6.45, 7) is 7.62. The van der Waals surface area contributed by atoms with Crippen molar-refractivity contribution < 1.29 is 13.2 Å². The van der Waals surface area contributed by atoms with Crippen LogP contribution in [0.4, 0.5) is 0 Å². The molecule has 2 rings (SSSR count). The average molecular weight is 382 g/mol. The first-order chi connectivity index (χ1) is 12.3. The first-order valence-electron chi connectivity index (χ1n) is 9.45. The lowest BCUT2D eigenvalue weighted by Gasteiger charge is -2.35. The van der Waals surface area contributed by atoms with Crippen LogP contribution in [0.2, 0.25) is 0 Å². The highest BCUT2D eigenvalue weighted by Gasteiger charge is 2.31. The molecule has 1 aliphatic rings. The molecule has 0 saturated carbocycles. The summed E-state index contributed by atoms with van der Waals surface area (Å²) < 4.78 is 27.2. The molecule has 7 heteroatoms. The van der Waals surface area contributed by atoms with Crippen LogP contribution >= 0.6 is 0 Å². The van der Waals surface area contributed by atoms with Crippen LogP contribution < -0.4 is 5.73 Å². The van der Waals surface area contributed by atoms with Crippen LogP contribution in [0.15, 0.2) is 29.2 Å². The van der Waals surface area contributed by atoms with Gasteiger partial charge in [-0.25, -0.2) is 8.42 Å². The summed E-state index contributed by atoms with van der Waals surface area (Å²) in [6, 6.07) is 6.67. The maximum Gasteiger partial charge on any atom is 0.243 e. The number of nitrogens with zero attached hydrogens (tertiary/aromatic N) is 2. The van der Waals surface area contributed by atoms with E-state index in [0.29, 0.717) is 43.4 Å². The van der Waals surface area contributed by atoms with Gasteiger partial charge in [-0.05, 0) is 36.5 Å². The fraction of sp³-hybridized carbons (Fsp3) is 0.632. The molecule has 26 heavy (non-hydrogen) atoms. The van der Waals surface area contributed by atoms with E-state index in [2.05, 4.69) is 13.8 Å². The van der Waals surface area contributed by atoms with E-state index in [9.17, 15) is 13.2 Å². The second-order valence-corrected chi connectivity index (χ2v) is 8.94. The summed E-state index contributed by atoms with van der Waals surface area (Å²) in [5.41, 5.74) is 7.04. The summed E-state index contributed by atoms with van der Waals surface area (Å²) in [5, 5.41) is 0. The van der Waals surface area contributed by atoms with E-state index in [4.69, 9.17) is 5.73 Å². The molecule has 2 atom stereocenters. The molecule has 0 spiro atoms. The monoisotopic (exact) mass is 381 g/mol. The van der Waals surface area contributed by atoms with Crippen molar-refractivity contribution in [1.82, 2.24) is 9.21 Å². The third-order valence-electron chi connectivity index (χ3n) is 5.17. The summed E-state index contributed by atoms with van der Waals surface area (Å²) in [7, 11) is -3.53. The molecule has 0 bridgehead atoms. The molecule has 2 N–H and O–H groups in total. The minimum absolute atomic E-state index is 0.0817. The molecule has 1 heterocycles. The summed E-state index contributed by atoms with van der Waals surface area (Å²) in [6.07, 6.45) is 2.52. The largest absolute Gasteiger partial charge is 0.339 e. The number of benzene rings is 1. The van der Waals surface area contributed by atoms with E-state index < -0.39 is 16.1 Å². The van der Waals surface area contributed by atoms with Gasteiger partial charge in [0.2, 0.25) is 15.9 Å². The molecular formula is C19H31N3O3S. The maximum atomic E-state index is 12.8. The number of hydrogen-bond acceptors (Lipinski definition) is 4. The fourth-order valence-electron chi connectivity index (χ4n) is 3.17. The van der Waals surface area contributed by atoms with E-state index >= 15 is 0 Å². The van der Waals surface area contributed by atoms with Gasteiger partial charge in [-0.3, -0.25) is 4.79 Å². The Morgan fingerprint density at radius 2 is 1.69 bits per heavy atom. The third-order valence-corrected chi connectivity index (χ3v) is 7.08. The second kappa shape index (κ2) is 8.97. The lowest BCUT2D eigenvalue weighted by atomic mass is 9.99. The van der Waals surface area contributed by atoms with Crippen LogP contribution in [0.5, 0.6) is 0 Å². The van der Waals surface area contributed by atoms with Crippen LogP contribution in [0.1, 0.15) is 51.5 Å². The van der Waals surface area contributed by atoms with E-state index in [-0.39, 0.29) is 5.91 Å². The minimum Gasteiger partial charge on any atom is -0.339 e. The predicted octanol–water partition coefficient (Wildman–Crippen LogP) is 2.16. The van der Waals surface area contributed by atoms with Crippen molar-refractivity contribution in [3.05, 3.63) is 29.8 Å². The molecular weight excluding hydrogens is 350 g/mol. The maximum absolute atomic E-state index is 12.8. The van der Waals surface area contributed by atoms with E-state index in [0.717, 1.165) is 18.4 Å². The van der Waals surface area contributed by atoms with Gasteiger partial charge in [0, 0.05) is 26.2 Å². The Labute approximate surface area is 157 Å². The normalized spacial score (nSPS) is 18.5. The van der Waals surface area contributed by atoms with Crippen molar-refractivity contribution in [2.45, 2.75) is 56.9 Å². The molecule has 0 aromatic heterocycles. The highest BCUT2D eigenvalue weighted by molar-refractivity contribution is 7.89. The van der Waals surface area contributed by atoms with Crippen molar-refractivity contribution in [2.24, 2.45) is 5.73 Å². The zero-order valence-electron chi connectivity index (χ0n) is 16.0. The summed E-state index contributed by atoms with van der Waals surface area (Å²) >= 11 is 0. The second-order valence-electron chi connectivity index (χ2n) is 7.00. The van der Waals surface area contributed by atoms with Crippen LogP contribution in [-0.2, 0) is 14.8 Å². The lowest BCUT2D eigenvalue weighted by molar-refractivity contribution is -0.133. The Morgan fingerprint density at radius 3 is 2.19 bits per heavy atom. The summed E-state index contributed by atoms with van der Waals surface area (Å²) in [5.74, 6) is 0.329.